The predicted molar refractivity (Wildman–Crippen MR) is 293 cm³/mol. The molecule has 350 valence electrons. The smallest absolute Gasteiger partial charge is 0.502 e. The van der Waals surface area contributed by atoms with Crippen molar-refractivity contribution in [3.63, 3.8) is 0 Å². The van der Waals surface area contributed by atoms with Gasteiger partial charge in [-0.3, -0.25) is 0 Å². The lowest BCUT2D eigenvalue weighted by molar-refractivity contribution is 0.264. The van der Waals surface area contributed by atoms with E-state index in [2.05, 4.69) is 224 Å². The zero-order valence-electron chi connectivity index (χ0n) is 42.2. The van der Waals surface area contributed by atoms with Crippen LogP contribution in [0, 0.1) is 13.8 Å². The third kappa shape index (κ3) is 14.8. The molecule has 0 bridgehead atoms. The fourth-order valence-electron chi connectivity index (χ4n) is 7.99. The van der Waals surface area contributed by atoms with Crippen molar-refractivity contribution in [2.75, 3.05) is 9.80 Å². The average molecular weight is 990 g/mol. The number of aryl methyl sites for hydroxylation is 2. The first kappa shape index (κ1) is 51.1. The molecular formula is C52H72N2O6Si6. The van der Waals surface area contributed by atoms with E-state index < -0.39 is 50.9 Å². The van der Waals surface area contributed by atoms with Gasteiger partial charge in [0.15, 0.2) is 33.3 Å². The maximum atomic E-state index is 6.64. The van der Waals surface area contributed by atoms with Crippen LogP contribution in [0.4, 0.5) is 34.1 Å². The van der Waals surface area contributed by atoms with E-state index >= 15 is 0 Å². The minimum Gasteiger partial charge on any atom is -0.502 e. The fraction of sp³-hybridized carbons (Fsp3) is 0.308. The highest BCUT2D eigenvalue weighted by molar-refractivity contribution is 6.86. The van der Waals surface area contributed by atoms with Crippen molar-refractivity contribution in [2.45, 2.75) is 106 Å². The molecule has 0 heterocycles. The molecule has 0 fully saturated rings. The molecule has 0 atom stereocenters. The fourth-order valence-corrected chi connectivity index (χ4v) is 28.7. The van der Waals surface area contributed by atoms with Crippen molar-refractivity contribution >= 4 is 85.0 Å². The molecule has 0 spiro atoms. The van der Waals surface area contributed by atoms with Crippen molar-refractivity contribution in [3.8, 4) is 22.6 Å². The minimum absolute atomic E-state index is 0.749. The third-order valence-corrected chi connectivity index (χ3v) is 26.9. The summed E-state index contributed by atoms with van der Waals surface area (Å²) in [6.07, 6.45) is 0. The molecule has 0 amide bonds. The SMILES string of the molecule is Cc1ccc(N(c2ccc(O[Si](C)(O[Si](C)(C)C)O[Si](C)(C)C)cc2)c2ccc(-c3ccc(N(c4ccc(C)cc4)c4ccc(O[Si](C)(O[Si](C)(C)C)O[Si](C)(C)C)cc4)cc3)cc2)cc1. The summed E-state index contributed by atoms with van der Waals surface area (Å²) in [5, 5.41) is 0. The lowest BCUT2D eigenvalue weighted by Gasteiger charge is -2.37. The van der Waals surface area contributed by atoms with Gasteiger partial charge < -0.3 is 35.1 Å². The van der Waals surface area contributed by atoms with Crippen molar-refractivity contribution in [1.29, 1.82) is 0 Å². The van der Waals surface area contributed by atoms with E-state index in [1.807, 2.05) is 37.4 Å². The first-order chi connectivity index (χ1) is 30.6. The highest BCUT2D eigenvalue weighted by Crippen LogP contribution is 2.40. The quantitative estimate of drug-likeness (QED) is 0.0744. The van der Waals surface area contributed by atoms with Crippen molar-refractivity contribution in [1.82, 2.24) is 0 Å². The van der Waals surface area contributed by atoms with Gasteiger partial charge >= 0.3 is 17.6 Å². The van der Waals surface area contributed by atoms with Gasteiger partial charge in [-0.05, 0) is 201 Å². The molecule has 66 heavy (non-hydrogen) atoms. The summed E-state index contributed by atoms with van der Waals surface area (Å²) >= 11 is 0. The molecule has 0 aliphatic rings. The number of hydrogen-bond donors (Lipinski definition) is 0. The van der Waals surface area contributed by atoms with Gasteiger partial charge in [0, 0.05) is 47.2 Å². The number of anilines is 6. The number of rotatable bonds is 19. The van der Waals surface area contributed by atoms with Gasteiger partial charge in [-0.15, -0.1) is 0 Å². The molecule has 0 saturated carbocycles. The third-order valence-electron chi connectivity index (χ3n) is 9.93. The average Bonchev–Trinajstić information content (AvgIpc) is 3.18. The van der Waals surface area contributed by atoms with Gasteiger partial charge in [0.2, 0.25) is 0 Å². The molecule has 6 aromatic rings. The highest BCUT2D eigenvalue weighted by Gasteiger charge is 2.46. The summed E-state index contributed by atoms with van der Waals surface area (Å²) < 4.78 is 39.8. The molecule has 0 aliphatic heterocycles. The molecule has 0 aliphatic carbocycles. The maximum Gasteiger partial charge on any atom is 0.541 e. The Morgan fingerprint density at radius 2 is 0.470 bits per heavy atom. The molecule has 0 N–H and O–H groups in total. The molecular weight excluding hydrogens is 917 g/mol. The first-order valence-electron chi connectivity index (χ1n) is 23.0. The van der Waals surface area contributed by atoms with Crippen molar-refractivity contribution in [2.24, 2.45) is 0 Å². The van der Waals surface area contributed by atoms with Gasteiger partial charge in [-0.2, -0.15) is 0 Å². The number of benzene rings is 6. The Balaban J connectivity index is 1.27. The van der Waals surface area contributed by atoms with E-state index in [0.29, 0.717) is 0 Å². The second-order valence-electron chi connectivity index (χ2n) is 21.2. The van der Waals surface area contributed by atoms with Crippen LogP contribution in [0.15, 0.2) is 146 Å². The van der Waals surface area contributed by atoms with Crippen LogP contribution in [0.5, 0.6) is 11.5 Å². The lowest BCUT2D eigenvalue weighted by Crippen LogP contribution is -2.56. The van der Waals surface area contributed by atoms with Crippen LogP contribution in [0.25, 0.3) is 11.1 Å². The summed E-state index contributed by atoms with van der Waals surface area (Å²) in [4.78, 5) is 4.56. The summed E-state index contributed by atoms with van der Waals surface area (Å²) in [6.45, 7) is 34.5. The standard InChI is InChI=1S/C52H72N2O6Si6/c1-41-17-25-45(26-18-41)53(49-33-37-51(38-34-49)55-65(15,57-61(3,4)5)58-62(6,7)8)47-29-21-43(22-30-47)44-23-31-48(32-24-44)54(46-27-19-42(2)20-28-46)50-35-39-52(40-36-50)56-66(16,59-63(9,10)11)60-64(12,13)14/h17-40H,1-16H3. The van der Waals surface area contributed by atoms with Crippen LogP contribution in [0.3, 0.4) is 0 Å². The Labute approximate surface area is 402 Å². The first-order valence-corrected chi connectivity index (χ1v) is 41.1. The lowest BCUT2D eigenvalue weighted by atomic mass is 10.0. The number of nitrogens with zero attached hydrogens (tertiary/aromatic N) is 2. The van der Waals surface area contributed by atoms with E-state index in [-0.39, 0.29) is 0 Å². The second kappa shape index (κ2) is 20.1. The van der Waals surface area contributed by atoms with Gasteiger partial charge in [0.05, 0.1) is 0 Å². The molecule has 0 radical (unpaired) electrons. The number of hydrogen-bond acceptors (Lipinski definition) is 8. The van der Waals surface area contributed by atoms with E-state index in [0.717, 1.165) is 56.8 Å². The Morgan fingerprint density at radius 3 is 0.682 bits per heavy atom. The van der Waals surface area contributed by atoms with Crippen LogP contribution < -0.4 is 18.7 Å². The second-order valence-corrected chi connectivity index (χ2v) is 45.2. The van der Waals surface area contributed by atoms with Crippen LogP contribution in [0.2, 0.25) is 91.7 Å². The zero-order chi connectivity index (χ0) is 48.3. The Morgan fingerprint density at radius 1 is 0.273 bits per heavy atom. The molecule has 0 unspecified atom stereocenters. The van der Waals surface area contributed by atoms with Gasteiger partial charge in [-0.25, -0.2) is 0 Å². The van der Waals surface area contributed by atoms with Gasteiger partial charge in [0.1, 0.15) is 11.5 Å². The van der Waals surface area contributed by atoms with Crippen LogP contribution in [0.1, 0.15) is 11.1 Å². The topological polar surface area (TPSA) is 61.9 Å². The van der Waals surface area contributed by atoms with E-state index in [1.165, 1.54) is 11.1 Å². The minimum atomic E-state index is -2.95. The van der Waals surface area contributed by atoms with Crippen molar-refractivity contribution < 1.29 is 25.3 Å². The normalized spacial score (nSPS) is 12.8. The largest absolute Gasteiger partial charge is 0.541 e. The molecule has 6 aromatic carbocycles. The van der Waals surface area contributed by atoms with E-state index in [4.69, 9.17) is 25.3 Å². The zero-order valence-corrected chi connectivity index (χ0v) is 48.2. The predicted octanol–water partition coefficient (Wildman–Crippen LogP) is 16.2. The molecule has 8 nitrogen and oxygen atoms in total. The molecule has 0 saturated heterocycles. The summed E-state index contributed by atoms with van der Waals surface area (Å²) in [7, 11) is -13.7. The van der Waals surface area contributed by atoms with Crippen LogP contribution >= 0.6 is 0 Å². The van der Waals surface area contributed by atoms with Gasteiger partial charge in [-0.1, -0.05) is 59.7 Å². The van der Waals surface area contributed by atoms with E-state index in [9.17, 15) is 0 Å². The van der Waals surface area contributed by atoms with Gasteiger partial charge in [0.25, 0.3) is 0 Å². The van der Waals surface area contributed by atoms with E-state index in [1.54, 1.807) is 0 Å². The Kier molecular flexibility index (Phi) is 15.5. The Bertz CT molecular complexity index is 2290. The summed E-state index contributed by atoms with van der Waals surface area (Å²) in [6, 6.07) is 51.5. The Hall–Kier alpha value is -4.34. The van der Waals surface area contributed by atoms with Crippen molar-refractivity contribution in [3.05, 3.63) is 157 Å². The monoisotopic (exact) mass is 988 g/mol. The van der Waals surface area contributed by atoms with Crippen LogP contribution in [-0.4, -0.2) is 50.9 Å². The molecule has 0 aromatic heterocycles. The molecule has 14 heteroatoms. The highest BCUT2D eigenvalue weighted by atomic mass is 28.5. The summed E-state index contributed by atoms with van der Waals surface area (Å²) in [5.74, 6) is 1.50. The summed E-state index contributed by atoms with van der Waals surface area (Å²) in [5.41, 5.74) is 11.0. The maximum absolute atomic E-state index is 6.64. The molecule has 6 rings (SSSR count). The van der Waals surface area contributed by atoms with Crippen LogP contribution in [-0.2, 0) is 16.5 Å².